The van der Waals surface area contributed by atoms with Gasteiger partial charge in [-0.15, -0.1) is 0 Å². The number of hydrogen-bond acceptors (Lipinski definition) is 5. The third-order valence-corrected chi connectivity index (χ3v) is 3.12. The molecule has 2 aliphatic rings. The Labute approximate surface area is 104 Å². The number of carboxylic acid groups (broad SMARTS) is 1. The molecule has 2 atom stereocenters. The summed E-state index contributed by atoms with van der Waals surface area (Å²) in [5.41, 5.74) is 0.0698. The van der Waals surface area contributed by atoms with Crippen LogP contribution in [0.25, 0.3) is 0 Å². The van der Waals surface area contributed by atoms with Gasteiger partial charge in [-0.05, 0) is 12.1 Å². The van der Waals surface area contributed by atoms with Crippen molar-refractivity contribution in [1.29, 1.82) is 0 Å². The Bertz CT molecular complexity index is 453. The molecule has 1 aromatic heterocycles. The van der Waals surface area contributed by atoms with E-state index in [9.17, 15) is 4.79 Å². The minimum Gasteiger partial charge on any atom is -0.477 e. The predicted octanol–water partition coefficient (Wildman–Crippen LogP) is 0.384. The Morgan fingerprint density at radius 1 is 1.33 bits per heavy atom. The van der Waals surface area contributed by atoms with Crippen LogP contribution in [0.2, 0.25) is 0 Å². The molecule has 0 amide bonds. The van der Waals surface area contributed by atoms with E-state index < -0.39 is 5.97 Å². The standard InChI is InChI=1S/C12H14N2O4/c15-12(16)10-2-1-3-11(13-10)14-4-8-6-17-7-9(5-14)18-8/h1-3,8-9H,4-7H2,(H,15,16). The molecule has 0 aromatic carbocycles. The van der Waals surface area contributed by atoms with E-state index in [1.165, 1.54) is 6.07 Å². The van der Waals surface area contributed by atoms with Crippen molar-refractivity contribution >= 4 is 11.8 Å². The molecule has 6 nitrogen and oxygen atoms in total. The second kappa shape index (κ2) is 4.55. The molecule has 2 bridgehead atoms. The highest BCUT2D eigenvalue weighted by molar-refractivity contribution is 5.85. The number of fused-ring (bicyclic) bond motifs is 2. The van der Waals surface area contributed by atoms with Gasteiger partial charge in [0.05, 0.1) is 25.4 Å². The molecular weight excluding hydrogens is 236 g/mol. The smallest absolute Gasteiger partial charge is 0.354 e. The Hall–Kier alpha value is -1.66. The van der Waals surface area contributed by atoms with Crippen LogP contribution in [0.1, 0.15) is 10.5 Å². The van der Waals surface area contributed by atoms with Crippen LogP contribution in [0.4, 0.5) is 5.82 Å². The molecule has 2 aliphatic heterocycles. The van der Waals surface area contributed by atoms with Gasteiger partial charge in [0.25, 0.3) is 0 Å². The van der Waals surface area contributed by atoms with Gasteiger partial charge in [-0.1, -0.05) is 6.07 Å². The molecule has 3 heterocycles. The Morgan fingerprint density at radius 2 is 2.06 bits per heavy atom. The Kier molecular flexibility index (Phi) is 2.89. The summed E-state index contributed by atoms with van der Waals surface area (Å²) in [4.78, 5) is 17.1. The number of ether oxygens (including phenoxy) is 2. The molecule has 2 saturated heterocycles. The van der Waals surface area contributed by atoms with Crippen molar-refractivity contribution in [1.82, 2.24) is 4.98 Å². The summed E-state index contributed by atoms with van der Waals surface area (Å²) >= 11 is 0. The van der Waals surface area contributed by atoms with Crippen molar-refractivity contribution in [2.75, 3.05) is 31.2 Å². The summed E-state index contributed by atoms with van der Waals surface area (Å²) in [5, 5.41) is 8.94. The highest BCUT2D eigenvalue weighted by atomic mass is 16.6. The summed E-state index contributed by atoms with van der Waals surface area (Å²) in [6.07, 6.45) is 0.0977. The number of pyridine rings is 1. The van der Waals surface area contributed by atoms with Gasteiger partial charge in [0.1, 0.15) is 5.82 Å². The second-order valence-corrected chi connectivity index (χ2v) is 4.51. The molecule has 0 spiro atoms. The number of aromatic nitrogens is 1. The first kappa shape index (κ1) is 11.4. The molecule has 2 unspecified atom stereocenters. The average molecular weight is 250 g/mol. The molecule has 1 N–H and O–H groups in total. The molecule has 3 rings (SSSR count). The molecule has 6 heteroatoms. The minimum atomic E-state index is -1.01. The fourth-order valence-electron chi connectivity index (χ4n) is 2.34. The van der Waals surface area contributed by atoms with Crippen LogP contribution >= 0.6 is 0 Å². The van der Waals surface area contributed by atoms with Gasteiger partial charge < -0.3 is 19.5 Å². The lowest BCUT2D eigenvalue weighted by Crippen LogP contribution is -2.54. The first-order valence-corrected chi connectivity index (χ1v) is 5.91. The highest BCUT2D eigenvalue weighted by Crippen LogP contribution is 2.21. The zero-order chi connectivity index (χ0) is 12.5. The van der Waals surface area contributed by atoms with E-state index in [1.807, 2.05) is 6.07 Å². The monoisotopic (exact) mass is 250 g/mol. The van der Waals surface area contributed by atoms with E-state index in [-0.39, 0.29) is 17.9 Å². The topological polar surface area (TPSA) is 71.9 Å². The van der Waals surface area contributed by atoms with Crippen LogP contribution in [0.5, 0.6) is 0 Å². The van der Waals surface area contributed by atoms with Gasteiger partial charge >= 0.3 is 5.97 Å². The summed E-state index contributed by atoms with van der Waals surface area (Å²) in [7, 11) is 0. The molecule has 2 fully saturated rings. The van der Waals surface area contributed by atoms with Crippen LogP contribution < -0.4 is 4.90 Å². The maximum absolute atomic E-state index is 10.9. The van der Waals surface area contributed by atoms with Crippen LogP contribution in [-0.2, 0) is 9.47 Å². The zero-order valence-electron chi connectivity index (χ0n) is 9.78. The maximum Gasteiger partial charge on any atom is 0.354 e. The quantitative estimate of drug-likeness (QED) is 0.818. The lowest BCUT2D eigenvalue weighted by atomic mass is 10.2. The van der Waals surface area contributed by atoms with Crippen LogP contribution in [0.15, 0.2) is 18.2 Å². The zero-order valence-corrected chi connectivity index (χ0v) is 9.78. The Balaban J connectivity index is 1.82. The molecule has 0 saturated carbocycles. The van der Waals surface area contributed by atoms with Crippen molar-refractivity contribution in [3.63, 3.8) is 0 Å². The predicted molar refractivity (Wildman–Crippen MR) is 62.9 cm³/mol. The van der Waals surface area contributed by atoms with Gasteiger partial charge in [-0.3, -0.25) is 0 Å². The number of morpholine rings is 1. The number of aromatic carboxylic acids is 1. The molecular formula is C12H14N2O4. The largest absolute Gasteiger partial charge is 0.477 e. The molecule has 0 radical (unpaired) electrons. The summed E-state index contributed by atoms with van der Waals surface area (Å²) in [5.74, 6) is -0.316. The molecule has 96 valence electrons. The minimum absolute atomic E-state index is 0.0489. The van der Waals surface area contributed by atoms with Gasteiger partial charge in [-0.25, -0.2) is 9.78 Å². The van der Waals surface area contributed by atoms with E-state index in [2.05, 4.69) is 9.88 Å². The molecule has 1 aromatic rings. The Morgan fingerprint density at radius 3 is 2.72 bits per heavy atom. The summed E-state index contributed by atoms with van der Waals surface area (Å²) in [6, 6.07) is 5.04. The summed E-state index contributed by atoms with van der Waals surface area (Å²) < 4.78 is 11.2. The summed E-state index contributed by atoms with van der Waals surface area (Å²) in [6.45, 7) is 2.55. The number of hydrogen-bond donors (Lipinski definition) is 1. The lowest BCUT2D eigenvalue weighted by molar-refractivity contribution is -0.144. The maximum atomic E-state index is 10.9. The van der Waals surface area contributed by atoms with Crippen molar-refractivity contribution in [3.8, 4) is 0 Å². The van der Waals surface area contributed by atoms with Crippen LogP contribution in [-0.4, -0.2) is 54.6 Å². The first-order chi connectivity index (χ1) is 8.72. The molecule has 0 aliphatic carbocycles. The van der Waals surface area contributed by atoms with Gasteiger partial charge in [-0.2, -0.15) is 0 Å². The number of carbonyl (C=O) groups is 1. The lowest BCUT2D eigenvalue weighted by Gasteiger charge is -2.41. The van der Waals surface area contributed by atoms with E-state index in [4.69, 9.17) is 14.6 Å². The number of rotatable bonds is 2. The van der Waals surface area contributed by atoms with Crippen molar-refractivity contribution in [2.24, 2.45) is 0 Å². The van der Waals surface area contributed by atoms with Crippen molar-refractivity contribution < 1.29 is 19.4 Å². The van der Waals surface area contributed by atoms with E-state index in [0.717, 1.165) is 0 Å². The highest BCUT2D eigenvalue weighted by Gasteiger charge is 2.32. The van der Waals surface area contributed by atoms with Gasteiger partial charge in [0.2, 0.25) is 0 Å². The second-order valence-electron chi connectivity index (χ2n) is 4.51. The fourth-order valence-corrected chi connectivity index (χ4v) is 2.34. The van der Waals surface area contributed by atoms with Crippen molar-refractivity contribution in [3.05, 3.63) is 23.9 Å². The van der Waals surface area contributed by atoms with E-state index in [1.54, 1.807) is 6.07 Å². The van der Waals surface area contributed by atoms with E-state index in [0.29, 0.717) is 32.1 Å². The van der Waals surface area contributed by atoms with E-state index >= 15 is 0 Å². The number of nitrogens with zero attached hydrogens (tertiary/aromatic N) is 2. The molecule has 18 heavy (non-hydrogen) atoms. The number of carboxylic acids is 1. The SMILES string of the molecule is O=C(O)c1cccc(N2CC3COCC(C2)O3)n1. The number of anilines is 1. The van der Waals surface area contributed by atoms with Crippen molar-refractivity contribution in [2.45, 2.75) is 12.2 Å². The third-order valence-electron chi connectivity index (χ3n) is 3.12. The van der Waals surface area contributed by atoms with Crippen LogP contribution in [0.3, 0.4) is 0 Å². The average Bonchev–Trinajstić information content (AvgIpc) is 2.38. The normalized spacial score (nSPS) is 27.0. The van der Waals surface area contributed by atoms with Gasteiger partial charge in [0, 0.05) is 13.1 Å². The third kappa shape index (κ3) is 2.16. The fraction of sp³-hybridized carbons (Fsp3) is 0.500. The van der Waals surface area contributed by atoms with Gasteiger partial charge in [0.15, 0.2) is 5.69 Å². The first-order valence-electron chi connectivity index (χ1n) is 5.91. The van der Waals surface area contributed by atoms with Crippen LogP contribution in [0, 0.1) is 0 Å².